The van der Waals surface area contributed by atoms with E-state index in [-0.39, 0.29) is 5.97 Å². The number of fused-ring (bicyclic) bond motifs is 1. The molecule has 2 aliphatic rings. The smallest absolute Gasteiger partial charge is 0.316 e. The zero-order valence-electron chi connectivity index (χ0n) is 10.2. The van der Waals surface area contributed by atoms with Gasteiger partial charge in [-0.3, -0.25) is 9.79 Å². The first-order valence-corrected chi connectivity index (χ1v) is 5.43. The Morgan fingerprint density at radius 2 is 2.12 bits per heavy atom. The summed E-state index contributed by atoms with van der Waals surface area (Å²) in [5, 5.41) is 0. The monoisotopic (exact) mass is 233 g/mol. The third-order valence-corrected chi connectivity index (χ3v) is 2.36. The molecule has 0 fully saturated rings. The van der Waals surface area contributed by atoms with Gasteiger partial charge in [0, 0.05) is 6.21 Å². The van der Waals surface area contributed by atoms with E-state index in [1.165, 1.54) is 6.20 Å². The maximum absolute atomic E-state index is 11.8. The van der Waals surface area contributed by atoms with Crippen LogP contribution < -0.4 is 0 Å². The largest absolute Gasteiger partial charge is 0.422 e. The molecule has 90 valence electrons. The second kappa shape index (κ2) is 4.16. The molecule has 0 radical (unpaired) electrons. The Bertz CT molecular complexity index is 453. The molecule has 0 aromatic carbocycles. The van der Waals surface area contributed by atoms with Crippen LogP contribution in [0.15, 0.2) is 33.8 Å². The maximum atomic E-state index is 11.8. The van der Waals surface area contributed by atoms with Crippen LogP contribution in [0, 0.1) is 5.41 Å². The molecular weight excluding hydrogens is 218 g/mol. The minimum absolute atomic E-state index is 0.281. The highest BCUT2D eigenvalue weighted by molar-refractivity contribution is 5.78. The summed E-state index contributed by atoms with van der Waals surface area (Å²) in [5.74, 6) is 0.167. The van der Waals surface area contributed by atoms with E-state index < -0.39 is 5.41 Å². The van der Waals surface area contributed by atoms with Gasteiger partial charge in [-0.05, 0) is 20.8 Å². The lowest BCUT2D eigenvalue weighted by atomic mass is 9.97. The van der Waals surface area contributed by atoms with Gasteiger partial charge in [-0.2, -0.15) is 0 Å². The summed E-state index contributed by atoms with van der Waals surface area (Å²) in [6.45, 7) is 6.08. The molecule has 0 spiro atoms. The van der Waals surface area contributed by atoms with E-state index in [1.54, 1.807) is 18.8 Å². The third-order valence-electron chi connectivity index (χ3n) is 2.36. The number of hydrogen-bond acceptors (Lipinski definition) is 5. The van der Waals surface area contributed by atoms with Gasteiger partial charge in [0.2, 0.25) is 0 Å². The summed E-state index contributed by atoms with van der Waals surface area (Å²) in [5.41, 5.74) is 0.228. The molecule has 0 N–H and O–H groups in total. The fraction of sp³-hybridized carbons (Fsp3) is 0.417. The highest BCUT2D eigenvalue weighted by Gasteiger charge is 2.28. The molecule has 0 aromatic heterocycles. The molecule has 0 atom stereocenters. The number of carbonyl (C=O) groups excluding carboxylic acids is 1. The number of aliphatic imine (C=N–C) groups is 2. The number of hydrogen-bond donors (Lipinski definition) is 0. The van der Waals surface area contributed by atoms with Gasteiger partial charge in [-0.15, -0.1) is 0 Å². The Kier molecular flexibility index (Phi) is 2.83. The molecule has 0 bridgehead atoms. The van der Waals surface area contributed by atoms with Crippen LogP contribution in [0.1, 0.15) is 20.8 Å². The summed E-state index contributed by atoms with van der Waals surface area (Å²) < 4.78 is 5.35. The number of nitrogens with zero attached hydrogens (tertiary/aromatic N) is 3. The van der Waals surface area contributed by atoms with Crippen molar-refractivity contribution in [2.45, 2.75) is 20.8 Å². The summed E-state index contributed by atoms with van der Waals surface area (Å²) in [4.78, 5) is 21.8. The molecular formula is C12H15N3O2. The van der Waals surface area contributed by atoms with Gasteiger partial charge in [-0.1, -0.05) is 0 Å². The van der Waals surface area contributed by atoms with Crippen LogP contribution in [-0.4, -0.2) is 30.0 Å². The number of rotatable bonds is 1. The van der Waals surface area contributed by atoms with Crippen molar-refractivity contribution in [3.63, 3.8) is 0 Å². The molecule has 17 heavy (non-hydrogen) atoms. The van der Waals surface area contributed by atoms with Crippen LogP contribution in [0.4, 0.5) is 0 Å². The fourth-order valence-corrected chi connectivity index (χ4v) is 1.32. The fourth-order valence-electron chi connectivity index (χ4n) is 1.32. The normalized spacial score (nSPS) is 18.4. The van der Waals surface area contributed by atoms with E-state index >= 15 is 0 Å². The molecule has 0 aliphatic carbocycles. The Hall–Kier alpha value is -1.91. The average Bonchev–Trinajstić information content (AvgIpc) is 2.28. The second-order valence-corrected chi connectivity index (χ2v) is 4.90. The molecule has 0 aromatic rings. The van der Waals surface area contributed by atoms with Crippen molar-refractivity contribution in [2.75, 3.05) is 6.54 Å². The standard InChI is InChI=1S/C12H15N3O2/c1-12(2,3)11(16)17-10-7-14-8-15-5-4-13-6-9(10)15/h4,6-8H,5H2,1-3H3. The zero-order valence-corrected chi connectivity index (χ0v) is 10.2. The third kappa shape index (κ3) is 2.43. The van der Waals surface area contributed by atoms with Gasteiger partial charge in [-0.25, -0.2) is 4.99 Å². The maximum Gasteiger partial charge on any atom is 0.316 e. The lowest BCUT2D eigenvalue weighted by Gasteiger charge is -2.27. The van der Waals surface area contributed by atoms with Crippen molar-refractivity contribution >= 4 is 18.5 Å². The lowest BCUT2D eigenvalue weighted by Crippen LogP contribution is -2.31. The highest BCUT2D eigenvalue weighted by atomic mass is 16.5. The van der Waals surface area contributed by atoms with Crippen molar-refractivity contribution in [1.82, 2.24) is 4.90 Å². The van der Waals surface area contributed by atoms with Crippen LogP contribution in [0.25, 0.3) is 0 Å². The average molecular weight is 233 g/mol. The van der Waals surface area contributed by atoms with Crippen molar-refractivity contribution in [3.05, 3.63) is 23.9 Å². The van der Waals surface area contributed by atoms with Crippen molar-refractivity contribution in [1.29, 1.82) is 0 Å². The molecule has 0 amide bonds. The Balaban J connectivity index is 2.18. The van der Waals surface area contributed by atoms with Crippen LogP contribution >= 0.6 is 0 Å². The Labute approximate surface area is 100 Å². The predicted molar refractivity (Wildman–Crippen MR) is 65.4 cm³/mol. The van der Waals surface area contributed by atoms with Crippen molar-refractivity contribution < 1.29 is 9.53 Å². The highest BCUT2D eigenvalue weighted by Crippen LogP contribution is 2.25. The molecule has 0 saturated carbocycles. The van der Waals surface area contributed by atoms with E-state index in [4.69, 9.17) is 4.74 Å². The minimum Gasteiger partial charge on any atom is -0.422 e. The first-order valence-electron chi connectivity index (χ1n) is 5.43. The molecule has 2 rings (SSSR count). The summed E-state index contributed by atoms with van der Waals surface area (Å²) >= 11 is 0. The lowest BCUT2D eigenvalue weighted by molar-refractivity contribution is -0.148. The van der Waals surface area contributed by atoms with Gasteiger partial charge >= 0.3 is 5.97 Å². The molecule has 0 unspecified atom stereocenters. The van der Waals surface area contributed by atoms with E-state index in [0.717, 1.165) is 5.70 Å². The van der Waals surface area contributed by atoms with E-state index in [0.29, 0.717) is 12.3 Å². The van der Waals surface area contributed by atoms with Crippen LogP contribution in [0.5, 0.6) is 0 Å². The molecule has 0 saturated heterocycles. The zero-order chi connectivity index (χ0) is 12.5. The number of ether oxygens (including phenoxy) is 1. The van der Waals surface area contributed by atoms with Gasteiger partial charge in [0.25, 0.3) is 0 Å². The van der Waals surface area contributed by atoms with Crippen LogP contribution in [-0.2, 0) is 9.53 Å². The van der Waals surface area contributed by atoms with Gasteiger partial charge in [0.05, 0.1) is 30.7 Å². The summed E-state index contributed by atoms with van der Waals surface area (Å²) in [6.07, 6.45) is 6.65. The number of carbonyl (C=O) groups is 1. The second-order valence-electron chi connectivity index (χ2n) is 4.90. The van der Waals surface area contributed by atoms with E-state index in [9.17, 15) is 4.79 Å². The quantitative estimate of drug-likeness (QED) is 0.647. The summed E-state index contributed by atoms with van der Waals surface area (Å²) in [6, 6.07) is 0. The summed E-state index contributed by atoms with van der Waals surface area (Å²) in [7, 11) is 0. The predicted octanol–water partition coefficient (Wildman–Crippen LogP) is 1.69. The van der Waals surface area contributed by atoms with Crippen molar-refractivity contribution in [2.24, 2.45) is 15.4 Å². The van der Waals surface area contributed by atoms with Gasteiger partial charge in [0.1, 0.15) is 5.70 Å². The first kappa shape index (κ1) is 11.6. The minimum atomic E-state index is -0.536. The first-order chi connectivity index (χ1) is 7.98. The Morgan fingerprint density at radius 3 is 2.82 bits per heavy atom. The van der Waals surface area contributed by atoms with E-state index in [2.05, 4.69) is 9.98 Å². The van der Waals surface area contributed by atoms with Crippen LogP contribution in [0.2, 0.25) is 0 Å². The molecule has 5 heteroatoms. The molecule has 2 aliphatic heterocycles. The van der Waals surface area contributed by atoms with Gasteiger partial charge in [0.15, 0.2) is 5.76 Å². The van der Waals surface area contributed by atoms with E-state index in [1.807, 2.05) is 25.7 Å². The topological polar surface area (TPSA) is 54.3 Å². The van der Waals surface area contributed by atoms with Crippen LogP contribution in [0.3, 0.4) is 0 Å². The van der Waals surface area contributed by atoms with Crippen molar-refractivity contribution in [3.8, 4) is 0 Å². The Morgan fingerprint density at radius 1 is 1.35 bits per heavy atom. The SMILES string of the molecule is CC(C)(C)C(=O)OC1=CN=CN2CC=NC=C12. The molecule has 2 heterocycles. The van der Waals surface area contributed by atoms with Gasteiger partial charge < -0.3 is 9.64 Å². The number of esters is 1. The molecule has 5 nitrogen and oxygen atoms in total.